The van der Waals surface area contributed by atoms with Crippen LogP contribution in [0.3, 0.4) is 0 Å². The SMILES string of the molecule is CCc1nn(C)cc1CNCc1cnc(N(CC)CC)s1. The summed E-state index contributed by atoms with van der Waals surface area (Å²) in [7, 11) is 1.97. The Kier molecular flexibility index (Phi) is 5.76. The van der Waals surface area contributed by atoms with Crippen LogP contribution in [0.15, 0.2) is 12.4 Å². The predicted molar refractivity (Wildman–Crippen MR) is 88.8 cm³/mol. The van der Waals surface area contributed by atoms with E-state index in [1.807, 2.05) is 17.9 Å². The first kappa shape index (κ1) is 16.0. The summed E-state index contributed by atoms with van der Waals surface area (Å²) in [5.74, 6) is 0. The van der Waals surface area contributed by atoms with Crippen molar-refractivity contribution in [3.8, 4) is 0 Å². The first-order valence-corrected chi connectivity index (χ1v) is 8.41. The third-order valence-corrected chi connectivity index (χ3v) is 4.57. The van der Waals surface area contributed by atoms with Crippen LogP contribution in [0.5, 0.6) is 0 Å². The molecule has 2 aromatic heterocycles. The fourth-order valence-electron chi connectivity index (χ4n) is 2.37. The Labute approximate surface area is 131 Å². The van der Waals surface area contributed by atoms with E-state index in [9.17, 15) is 0 Å². The number of anilines is 1. The number of aryl methyl sites for hydroxylation is 2. The van der Waals surface area contributed by atoms with Crippen molar-refractivity contribution in [3.05, 3.63) is 28.5 Å². The molecule has 0 amide bonds. The van der Waals surface area contributed by atoms with Crippen LogP contribution in [0.25, 0.3) is 0 Å². The van der Waals surface area contributed by atoms with Crippen LogP contribution in [0.1, 0.15) is 36.9 Å². The van der Waals surface area contributed by atoms with Crippen molar-refractivity contribution in [3.63, 3.8) is 0 Å². The number of rotatable bonds is 8. The highest BCUT2D eigenvalue weighted by Crippen LogP contribution is 2.22. The lowest BCUT2D eigenvalue weighted by Crippen LogP contribution is -2.21. The lowest BCUT2D eigenvalue weighted by atomic mass is 10.2. The van der Waals surface area contributed by atoms with Gasteiger partial charge in [0.05, 0.1) is 5.69 Å². The number of nitrogens with one attached hydrogen (secondary N) is 1. The molecule has 0 saturated carbocycles. The van der Waals surface area contributed by atoms with Gasteiger partial charge in [0.2, 0.25) is 0 Å². The fraction of sp³-hybridized carbons (Fsp3) is 0.600. The average molecular weight is 307 g/mol. The first-order chi connectivity index (χ1) is 10.2. The molecule has 2 heterocycles. The molecule has 0 saturated heterocycles. The quantitative estimate of drug-likeness (QED) is 0.814. The van der Waals surface area contributed by atoms with Crippen LogP contribution < -0.4 is 10.2 Å². The van der Waals surface area contributed by atoms with Gasteiger partial charge >= 0.3 is 0 Å². The third kappa shape index (κ3) is 4.04. The minimum Gasteiger partial charge on any atom is -0.349 e. The second-order valence-electron chi connectivity index (χ2n) is 5.01. The van der Waals surface area contributed by atoms with Crippen molar-refractivity contribution in [1.82, 2.24) is 20.1 Å². The summed E-state index contributed by atoms with van der Waals surface area (Å²) < 4.78 is 1.89. The Morgan fingerprint density at radius 1 is 1.24 bits per heavy atom. The molecule has 0 radical (unpaired) electrons. The summed E-state index contributed by atoms with van der Waals surface area (Å²) >= 11 is 1.77. The molecule has 0 atom stereocenters. The maximum atomic E-state index is 4.51. The van der Waals surface area contributed by atoms with Crippen molar-refractivity contribution in [2.45, 2.75) is 40.3 Å². The van der Waals surface area contributed by atoms with Crippen molar-refractivity contribution in [2.24, 2.45) is 7.05 Å². The van der Waals surface area contributed by atoms with Gasteiger partial charge in [-0.1, -0.05) is 6.92 Å². The second-order valence-corrected chi connectivity index (χ2v) is 6.11. The molecule has 0 unspecified atom stereocenters. The molecule has 0 bridgehead atoms. The molecule has 6 heteroatoms. The Bertz CT molecular complexity index is 556. The second kappa shape index (κ2) is 7.56. The van der Waals surface area contributed by atoms with E-state index in [4.69, 9.17) is 0 Å². The summed E-state index contributed by atoms with van der Waals surface area (Å²) in [4.78, 5) is 8.07. The van der Waals surface area contributed by atoms with Gasteiger partial charge in [-0.05, 0) is 20.3 Å². The van der Waals surface area contributed by atoms with Crippen molar-refractivity contribution < 1.29 is 0 Å². The van der Waals surface area contributed by atoms with E-state index in [1.54, 1.807) is 11.3 Å². The Morgan fingerprint density at radius 3 is 2.67 bits per heavy atom. The monoisotopic (exact) mass is 307 g/mol. The average Bonchev–Trinajstić information content (AvgIpc) is 3.07. The highest BCUT2D eigenvalue weighted by Gasteiger charge is 2.08. The third-order valence-electron chi connectivity index (χ3n) is 3.52. The summed E-state index contributed by atoms with van der Waals surface area (Å²) in [5, 5.41) is 9.08. The number of aromatic nitrogens is 3. The van der Waals surface area contributed by atoms with Gasteiger partial charge in [0.1, 0.15) is 0 Å². The van der Waals surface area contributed by atoms with Crippen LogP contribution in [0.2, 0.25) is 0 Å². The molecule has 0 fully saturated rings. The van der Waals surface area contributed by atoms with E-state index < -0.39 is 0 Å². The van der Waals surface area contributed by atoms with Crippen molar-refractivity contribution >= 4 is 16.5 Å². The molecule has 116 valence electrons. The van der Waals surface area contributed by atoms with Crippen molar-refractivity contribution in [1.29, 1.82) is 0 Å². The number of hydrogen-bond donors (Lipinski definition) is 1. The van der Waals surface area contributed by atoms with Gasteiger partial charge in [-0.15, -0.1) is 11.3 Å². The van der Waals surface area contributed by atoms with Gasteiger partial charge in [-0.3, -0.25) is 4.68 Å². The van der Waals surface area contributed by atoms with Gasteiger partial charge in [-0.2, -0.15) is 5.10 Å². The Morgan fingerprint density at radius 2 is 2.00 bits per heavy atom. The van der Waals surface area contributed by atoms with E-state index in [0.29, 0.717) is 0 Å². The van der Waals surface area contributed by atoms with Crippen molar-refractivity contribution in [2.75, 3.05) is 18.0 Å². The number of hydrogen-bond acceptors (Lipinski definition) is 5. The van der Waals surface area contributed by atoms with E-state index >= 15 is 0 Å². The zero-order chi connectivity index (χ0) is 15.2. The molecule has 21 heavy (non-hydrogen) atoms. The van der Waals surface area contributed by atoms with E-state index in [-0.39, 0.29) is 0 Å². The molecule has 0 aromatic carbocycles. The van der Waals surface area contributed by atoms with Gasteiger partial charge in [0, 0.05) is 56.1 Å². The summed E-state index contributed by atoms with van der Waals surface area (Å²) in [6.45, 7) is 10.2. The smallest absolute Gasteiger partial charge is 0.185 e. The van der Waals surface area contributed by atoms with Crippen LogP contribution >= 0.6 is 11.3 Å². The maximum Gasteiger partial charge on any atom is 0.185 e. The molecule has 2 aromatic rings. The standard InChI is InChI=1S/C15H25N5S/c1-5-14-12(11-19(4)18-14)8-16-9-13-10-17-15(21-13)20(6-2)7-3/h10-11,16H,5-9H2,1-4H3. The normalized spacial score (nSPS) is 11.0. The number of nitrogens with zero attached hydrogens (tertiary/aromatic N) is 4. The highest BCUT2D eigenvalue weighted by molar-refractivity contribution is 7.15. The van der Waals surface area contributed by atoms with Gasteiger partial charge < -0.3 is 10.2 Å². The van der Waals surface area contributed by atoms with Crippen LogP contribution in [-0.4, -0.2) is 27.9 Å². The van der Waals surface area contributed by atoms with Crippen LogP contribution in [-0.2, 0) is 26.6 Å². The van der Waals surface area contributed by atoms with E-state index in [2.05, 4.69) is 47.3 Å². The molecule has 0 aliphatic carbocycles. The van der Waals surface area contributed by atoms with Crippen LogP contribution in [0.4, 0.5) is 5.13 Å². The Balaban J connectivity index is 1.88. The van der Waals surface area contributed by atoms with Crippen LogP contribution in [0, 0.1) is 0 Å². The van der Waals surface area contributed by atoms with Gasteiger partial charge in [0.25, 0.3) is 0 Å². The van der Waals surface area contributed by atoms with E-state index in [1.165, 1.54) is 16.1 Å². The first-order valence-electron chi connectivity index (χ1n) is 7.59. The van der Waals surface area contributed by atoms with E-state index in [0.717, 1.165) is 37.7 Å². The molecule has 0 aliphatic rings. The predicted octanol–water partition coefficient (Wildman–Crippen LogP) is 2.58. The highest BCUT2D eigenvalue weighted by atomic mass is 32.1. The molecule has 1 N–H and O–H groups in total. The zero-order valence-electron chi connectivity index (χ0n) is 13.4. The summed E-state index contributed by atoms with van der Waals surface area (Å²) in [5.41, 5.74) is 2.46. The van der Waals surface area contributed by atoms with Gasteiger partial charge in [0.15, 0.2) is 5.13 Å². The molecular formula is C15H25N5S. The minimum atomic E-state index is 0.857. The number of thiazole rings is 1. The maximum absolute atomic E-state index is 4.51. The molecule has 0 spiro atoms. The molecule has 0 aliphatic heterocycles. The summed E-state index contributed by atoms with van der Waals surface area (Å²) in [6, 6.07) is 0. The molecule has 5 nitrogen and oxygen atoms in total. The molecular weight excluding hydrogens is 282 g/mol. The fourth-order valence-corrected chi connectivity index (χ4v) is 3.38. The lowest BCUT2D eigenvalue weighted by molar-refractivity contribution is 0.694. The van der Waals surface area contributed by atoms with Gasteiger partial charge in [-0.25, -0.2) is 4.98 Å². The zero-order valence-corrected chi connectivity index (χ0v) is 14.2. The Hall–Kier alpha value is -1.40. The molecule has 2 rings (SSSR count). The topological polar surface area (TPSA) is 46.0 Å². The minimum absolute atomic E-state index is 0.857. The largest absolute Gasteiger partial charge is 0.349 e. The summed E-state index contributed by atoms with van der Waals surface area (Å²) in [6.07, 6.45) is 5.06. The lowest BCUT2D eigenvalue weighted by Gasteiger charge is -2.16.